The van der Waals surface area contributed by atoms with Crippen molar-refractivity contribution in [3.05, 3.63) is 69.8 Å². The molecule has 1 saturated heterocycles. The van der Waals surface area contributed by atoms with Crippen LogP contribution in [0.1, 0.15) is 29.3 Å². The van der Waals surface area contributed by atoms with Crippen LogP contribution in [0.2, 0.25) is 0 Å². The van der Waals surface area contributed by atoms with Gasteiger partial charge in [-0.3, -0.25) is 24.6 Å². The smallest absolute Gasteiger partial charge is 0.269 e. The summed E-state index contributed by atoms with van der Waals surface area (Å²) in [7, 11) is 0. The number of benzene rings is 2. The van der Waals surface area contributed by atoms with Crippen molar-refractivity contribution >= 4 is 23.2 Å². The first-order chi connectivity index (χ1) is 14.9. The number of anilines is 1. The van der Waals surface area contributed by atoms with Crippen molar-refractivity contribution in [3.63, 3.8) is 0 Å². The average molecular weight is 422 g/mol. The molecular weight excluding hydrogens is 396 g/mol. The maximum atomic E-state index is 12.8. The summed E-state index contributed by atoms with van der Waals surface area (Å²) in [4.78, 5) is 39.4. The molecule has 1 N–H and O–H groups in total. The molecule has 2 atom stereocenters. The number of hydrogen-bond donors (Lipinski definition) is 1. The number of nitro groups is 1. The molecule has 2 aromatic carbocycles. The third-order valence-corrected chi connectivity index (χ3v) is 6.03. The number of nitrogens with one attached hydrogen (secondary N) is 1. The molecule has 0 spiro atoms. The predicted octanol–water partition coefficient (Wildman–Crippen LogP) is 3.15. The van der Waals surface area contributed by atoms with Gasteiger partial charge < -0.3 is 10.2 Å². The van der Waals surface area contributed by atoms with Crippen LogP contribution in [0.25, 0.3) is 0 Å². The van der Waals surface area contributed by atoms with E-state index >= 15 is 0 Å². The molecule has 0 aromatic heterocycles. The van der Waals surface area contributed by atoms with E-state index in [1.165, 1.54) is 6.07 Å². The maximum absolute atomic E-state index is 12.8. The van der Waals surface area contributed by atoms with E-state index in [1.807, 2.05) is 11.0 Å². The highest BCUT2D eigenvalue weighted by atomic mass is 16.6. The predicted molar refractivity (Wildman–Crippen MR) is 117 cm³/mol. The molecule has 2 fully saturated rings. The van der Waals surface area contributed by atoms with E-state index in [1.54, 1.807) is 36.4 Å². The fourth-order valence-electron chi connectivity index (χ4n) is 3.94. The van der Waals surface area contributed by atoms with Gasteiger partial charge in [-0.2, -0.15) is 0 Å². The first-order valence-electron chi connectivity index (χ1n) is 10.6. The van der Waals surface area contributed by atoms with Gasteiger partial charge in [-0.05, 0) is 42.2 Å². The Morgan fingerprint density at radius 3 is 2.39 bits per heavy atom. The number of nitrogens with zero attached hydrogens (tertiary/aromatic N) is 3. The van der Waals surface area contributed by atoms with E-state index in [9.17, 15) is 19.7 Å². The Kier molecular flexibility index (Phi) is 5.99. The number of carbonyl (C=O) groups is 2. The highest BCUT2D eigenvalue weighted by molar-refractivity contribution is 5.97. The third kappa shape index (κ3) is 5.08. The van der Waals surface area contributed by atoms with Gasteiger partial charge in [0.05, 0.1) is 4.92 Å². The maximum Gasteiger partial charge on any atom is 0.269 e. The average Bonchev–Trinajstić information content (AvgIpc) is 3.51. The molecule has 31 heavy (non-hydrogen) atoms. The summed E-state index contributed by atoms with van der Waals surface area (Å²) in [6, 6.07) is 13.7. The summed E-state index contributed by atoms with van der Waals surface area (Å²) in [5.41, 5.74) is 2.30. The van der Waals surface area contributed by atoms with Crippen molar-refractivity contribution in [1.82, 2.24) is 9.80 Å². The zero-order valence-corrected chi connectivity index (χ0v) is 17.5. The molecule has 0 radical (unpaired) electrons. The fourth-order valence-corrected chi connectivity index (χ4v) is 3.94. The summed E-state index contributed by atoms with van der Waals surface area (Å²) in [5.74, 6) is 0.589. The van der Waals surface area contributed by atoms with Gasteiger partial charge in [0.15, 0.2) is 0 Å². The quantitative estimate of drug-likeness (QED) is 0.570. The Morgan fingerprint density at radius 2 is 1.77 bits per heavy atom. The zero-order valence-electron chi connectivity index (χ0n) is 17.5. The lowest BCUT2D eigenvalue weighted by Crippen LogP contribution is -2.48. The second kappa shape index (κ2) is 8.85. The molecule has 2 aliphatic rings. The van der Waals surface area contributed by atoms with Crippen molar-refractivity contribution in [2.24, 2.45) is 11.8 Å². The van der Waals surface area contributed by atoms with Crippen molar-refractivity contribution < 1.29 is 14.5 Å². The van der Waals surface area contributed by atoms with E-state index in [0.29, 0.717) is 49.9 Å². The number of piperazine rings is 1. The van der Waals surface area contributed by atoms with E-state index < -0.39 is 0 Å². The lowest BCUT2D eigenvalue weighted by atomic mass is 10.1. The number of nitro benzene ring substituents is 1. The van der Waals surface area contributed by atoms with Gasteiger partial charge in [0.25, 0.3) is 11.6 Å². The van der Waals surface area contributed by atoms with Crippen LogP contribution in [0.5, 0.6) is 0 Å². The van der Waals surface area contributed by atoms with Crippen LogP contribution in [0.15, 0.2) is 48.5 Å². The normalized spacial score (nSPS) is 20.9. The molecule has 162 valence electrons. The van der Waals surface area contributed by atoms with E-state index in [-0.39, 0.29) is 28.3 Å². The van der Waals surface area contributed by atoms with E-state index in [4.69, 9.17) is 0 Å². The number of amides is 2. The van der Waals surface area contributed by atoms with Crippen molar-refractivity contribution in [3.8, 4) is 0 Å². The minimum Gasteiger partial charge on any atom is -0.336 e. The molecule has 2 aromatic rings. The Labute approximate surface area is 181 Å². The highest BCUT2D eigenvalue weighted by Gasteiger charge is 2.39. The molecule has 1 aliphatic carbocycles. The third-order valence-electron chi connectivity index (χ3n) is 6.03. The molecule has 0 bridgehead atoms. The number of non-ortho nitro benzene ring substituents is 1. The van der Waals surface area contributed by atoms with E-state index in [0.717, 1.165) is 12.0 Å². The van der Waals surface area contributed by atoms with Crippen LogP contribution in [-0.2, 0) is 11.3 Å². The summed E-state index contributed by atoms with van der Waals surface area (Å²) < 4.78 is 0. The van der Waals surface area contributed by atoms with Crippen LogP contribution < -0.4 is 5.32 Å². The Balaban J connectivity index is 1.28. The molecule has 1 aliphatic heterocycles. The Hall–Kier alpha value is -3.26. The van der Waals surface area contributed by atoms with Crippen LogP contribution >= 0.6 is 0 Å². The lowest BCUT2D eigenvalue weighted by Gasteiger charge is -2.34. The minimum absolute atomic E-state index is 0.0244. The standard InChI is InChI=1S/C23H26N4O4/c1-16-13-21(16)22(28)24-19-7-5-18(6-8-19)23(29)26-11-9-25(10-12-26)15-17-3-2-4-20(14-17)27(30)31/h2-8,14,16,21H,9-13,15H2,1H3,(H,24,28). The summed E-state index contributed by atoms with van der Waals surface area (Å²) >= 11 is 0. The molecule has 4 rings (SSSR count). The molecule has 2 unspecified atom stereocenters. The SMILES string of the molecule is CC1CC1C(=O)Nc1ccc(C(=O)N2CCN(Cc3cccc([N+](=O)[O-])c3)CC2)cc1. The van der Waals surface area contributed by atoms with Crippen LogP contribution in [0, 0.1) is 22.0 Å². The second-order valence-electron chi connectivity index (χ2n) is 8.38. The molecule has 8 nitrogen and oxygen atoms in total. The monoisotopic (exact) mass is 422 g/mol. The number of rotatable bonds is 6. The Bertz CT molecular complexity index is 983. The largest absolute Gasteiger partial charge is 0.336 e. The summed E-state index contributed by atoms with van der Waals surface area (Å²) in [5, 5.41) is 13.9. The van der Waals surface area contributed by atoms with Gasteiger partial charge in [-0.25, -0.2) is 0 Å². The van der Waals surface area contributed by atoms with Crippen molar-refractivity contribution in [2.45, 2.75) is 19.9 Å². The van der Waals surface area contributed by atoms with Gasteiger partial charge in [0.1, 0.15) is 0 Å². The first kappa shape index (κ1) is 21.0. The van der Waals surface area contributed by atoms with Crippen molar-refractivity contribution in [1.29, 1.82) is 0 Å². The van der Waals surface area contributed by atoms with Crippen molar-refractivity contribution in [2.75, 3.05) is 31.5 Å². The molecule has 2 amide bonds. The second-order valence-corrected chi connectivity index (χ2v) is 8.38. The zero-order chi connectivity index (χ0) is 22.0. The highest BCUT2D eigenvalue weighted by Crippen LogP contribution is 2.38. The van der Waals surface area contributed by atoms with Gasteiger partial charge in [-0.15, -0.1) is 0 Å². The minimum atomic E-state index is -0.386. The molecular formula is C23H26N4O4. The summed E-state index contributed by atoms with van der Waals surface area (Å²) in [6.45, 7) is 5.31. The molecule has 1 heterocycles. The molecule has 1 saturated carbocycles. The van der Waals surface area contributed by atoms with E-state index in [2.05, 4.69) is 17.1 Å². The number of hydrogen-bond acceptors (Lipinski definition) is 5. The Morgan fingerprint density at radius 1 is 1.10 bits per heavy atom. The van der Waals surface area contributed by atoms with Gasteiger partial charge in [0, 0.05) is 62.0 Å². The summed E-state index contributed by atoms with van der Waals surface area (Å²) in [6.07, 6.45) is 0.940. The van der Waals surface area contributed by atoms with Gasteiger partial charge >= 0.3 is 0 Å². The lowest BCUT2D eigenvalue weighted by molar-refractivity contribution is -0.384. The fraction of sp³-hybridized carbons (Fsp3) is 0.391. The van der Waals surface area contributed by atoms with Crippen LogP contribution in [0.3, 0.4) is 0 Å². The number of carbonyl (C=O) groups excluding carboxylic acids is 2. The molecule has 8 heteroatoms. The first-order valence-corrected chi connectivity index (χ1v) is 10.6. The van der Waals surface area contributed by atoms with Crippen LogP contribution in [0.4, 0.5) is 11.4 Å². The van der Waals surface area contributed by atoms with Gasteiger partial charge in [-0.1, -0.05) is 19.1 Å². The van der Waals surface area contributed by atoms with Crippen LogP contribution in [-0.4, -0.2) is 52.7 Å². The van der Waals surface area contributed by atoms with Gasteiger partial charge in [0.2, 0.25) is 5.91 Å². The topological polar surface area (TPSA) is 95.8 Å².